The number of hydrogen-bond acceptors (Lipinski definition) is 21. The van der Waals surface area contributed by atoms with Gasteiger partial charge in [0.2, 0.25) is 5.91 Å². The van der Waals surface area contributed by atoms with Gasteiger partial charge in [0.05, 0.1) is 72.7 Å². The summed E-state index contributed by atoms with van der Waals surface area (Å²) in [6.45, 7) is 5.06. The van der Waals surface area contributed by atoms with E-state index in [9.17, 15) is 19.2 Å². The zero-order chi connectivity index (χ0) is 54.4. The van der Waals surface area contributed by atoms with Gasteiger partial charge in [-0.05, 0) is 57.5 Å². The molecule has 4 aliphatic rings. The summed E-state index contributed by atoms with van der Waals surface area (Å²) in [5.41, 5.74) is 12.6. The van der Waals surface area contributed by atoms with Crippen molar-refractivity contribution in [3.63, 3.8) is 0 Å². The van der Waals surface area contributed by atoms with E-state index in [1.54, 1.807) is 12.3 Å². The highest BCUT2D eigenvalue weighted by atomic mass is 127. The predicted octanol–water partition coefficient (Wildman–Crippen LogP) is 3.23. The average Bonchev–Trinajstić information content (AvgIpc) is 4.28. The van der Waals surface area contributed by atoms with Crippen molar-refractivity contribution in [2.45, 2.75) is 74.7 Å². The quantitative estimate of drug-likeness (QED) is 0.0752. The van der Waals surface area contributed by atoms with Crippen LogP contribution in [-0.2, 0) is 76.7 Å². The normalized spacial score (nSPS) is 22.4. The molecule has 4 saturated heterocycles. The summed E-state index contributed by atoms with van der Waals surface area (Å²) in [7, 11) is 0. The fourth-order valence-electron chi connectivity index (χ4n) is 7.27. The number of ether oxygens (including phenoxy) is 11. The number of nitrogens with two attached hydrogens (primary N) is 2. The number of rotatable bonds is 17. The van der Waals surface area contributed by atoms with E-state index in [4.69, 9.17) is 68.7 Å². The summed E-state index contributed by atoms with van der Waals surface area (Å²) in [6.07, 6.45) is 0.987. The number of aromatic nitrogens is 6. The van der Waals surface area contributed by atoms with Crippen molar-refractivity contribution < 1.29 is 62.0 Å². The van der Waals surface area contributed by atoms with E-state index < -0.39 is 54.6 Å². The summed E-state index contributed by atoms with van der Waals surface area (Å²) in [5.74, 6) is 0.257. The van der Waals surface area contributed by atoms with Gasteiger partial charge in [-0.25, -0.2) is 14.4 Å². The number of alkyl halides is 1. The molecule has 10 rings (SSSR count). The minimum atomic E-state index is -0.681. The molecule has 3 aromatic carbocycles. The average molecular weight is 1180 g/mol. The number of hydrogen-bond donors (Lipinski definition) is 4. The largest absolute Gasteiger partial charge is 0.391 e. The maximum Gasteiger partial charge on any atom is 0.351 e. The highest BCUT2D eigenvalue weighted by molar-refractivity contribution is 14.1. The molecular weight excluding hydrogens is 1120 g/mol. The number of carbonyl (C=O) groups is 1. The van der Waals surface area contributed by atoms with Gasteiger partial charge in [0.15, 0.2) is 43.8 Å². The van der Waals surface area contributed by atoms with Gasteiger partial charge in [0, 0.05) is 25.5 Å². The fourth-order valence-corrected chi connectivity index (χ4v) is 7.80. The van der Waals surface area contributed by atoms with Crippen molar-refractivity contribution in [1.82, 2.24) is 28.7 Å². The number of carbonyl (C=O) groups excluding carboxylic acids is 1. The first-order valence-electron chi connectivity index (χ1n) is 24.1. The summed E-state index contributed by atoms with van der Waals surface area (Å²) in [5, 5.41) is 11.2. The standard InChI is InChI=1S/C17H19N3O5.C15H17N3O4.C11H13IO3.C8H11N3O4/c1-12(21)18-14-7-8-20(17(22)19-14)15-10-24-16(25-15)11-23-9-13-5-3-2-4-6-13;16-12-6-7-18(15(19)17-12)13-9-21-14(22-13)10-20-8-11-4-2-1-3-5-11;12-10-7-14-11(15-10)8-13-6-9-4-2-1-3-5-9;9-5-1-2-11(8(13)10-5)6-4-14-7(3-12)15-6/h2-8,15-16H,9-11H2,1H3,(H,18,19,21,22);1-7,13-14H,8-10H2,(H2,16,17,19);1-5,10-11H,6-8H2;1-2,6-7,12H,3-4H2,(H2,9,10,13)/t15-,16-;13-,14-;10?,11-;6-,7-/m0000/s1. The Kier molecular flexibility index (Phi) is 23.1. The van der Waals surface area contributed by atoms with Crippen LogP contribution in [0.2, 0.25) is 0 Å². The summed E-state index contributed by atoms with van der Waals surface area (Å²) >= 11 is 2.21. The van der Waals surface area contributed by atoms with Crippen LogP contribution in [0.15, 0.2) is 142 Å². The molecule has 4 aliphatic heterocycles. The summed E-state index contributed by atoms with van der Waals surface area (Å²) in [4.78, 5) is 57.2. The van der Waals surface area contributed by atoms with Crippen molar-refractivity contribution in [2.75, 3.05) is 69.6 Å². The molecule has 0 saturated carbocycles. The lowest BCUT2D eigenvalue weighted by molar-refractivity contribution is -0.118. The molecule has 26 heteroatoms. The van der Waals surface area contributed by atoms with Gasteiger partial charge in [-0.15, -0.1) is 0 Å². The molecule has 1 amide bonds. The number of nitrogens with one attached hydrogen (secondary N) is 1. The molecule has 0 radical (unpaired) electrons. The number of anilines is 3. The van der Waals surface area contributed by atoms with Crippen LogP contribution in [0.3, 0.4) is 0 Å². The molecule has 1 unspecified atom stereocenters. The maximum atomic E-state index is 12.0. The first-order valence-corrected chi connectivity index (χ1v) is 25.4. The van der Waals surface area contributed by atoms with Gasteiger partial charge >= 0.3 is 17.1 Å². The molecule has 412 valence electrons. The molecule has 0 bridgehead atoms. The zero-order valence-corrected chi connectivity index (χ0v) is 44.0. The third kappa shape index (κ3) is 19.2. The molecule has 0 spiro atoms. The Morgan fingerprint density at radius 3 is 1.27 bits per heavy atom. The lowest BCUT2D eigenvalue weighted by Crippen LogP contribution is -2.29. The second-order valence-electron chi connectivity index (χ2n) is 16.8. The van der Waals surface area contributed by atoms with E-state index in [0.29, 0.717) is 39.6 Å². The summed E-state index contributed by atoms with van der Waals surface area (Å²) < 4.78 is 64.1. The van der Waals surface area contributed by atoms with Crippen LogP contribution < -0.4 is 33.9 Å². The zero-order valence-electron chi connectivity index (χ0n) is 41.8. The minimum Gasteiger partial charge on any atom is -0.391 e. The van der Waals surface area contributed by atoms with Crippen molar-refractivity contribution in [3.8, 4) is 0 Å². The Balaban J connectivity index is 0.000000153. The van der Waals surface area contributed by atoms with Crippen LogP contribution >= 0.6 is 22.6 Å². The second-order valence-corrected chi connectivity index (χ2v) is 18.2. The number of aliphatic hydroxyl groups is 1. The third-order valence-corrected chi connectivity index (χ3v) is 11.6. The predicted molar refractivity (Wildman–Crippen MR) is 282 cm³/mol. The van der Waals surface area contributed by atoms with Gasteiger partial charge in [0.25, 0.3) is 0 Å². The molecule has 4 fully saturated rings. The van der Waals surface area contributed by atoms with Gasteiger partial charge in [-0.3, -0.25) is 18.5 Å². The minimum absolute atomic E-state index is 0.160. The third-order valence-electron chi connectivity index (χ3n) is 10.9. The van der Waals surface area contributed by atoms with Crippen LogP contribution in [-0.4, -0.2) is 122 Å². The highest BCUT2D eigenvalue weighted by Crippen LogP contribution is 2.23. The molecule has 7 heterocycles. The number of nitrogens with zero attached hydrogens (tertiary/aromatic N) is 6. The highest BCUT2D eigenvalue weighted by Gasteiger charge is 2.30. The summed E-state index contributed by atoms with van der Waals surface area (Å²) in [6, 6.07) is 34.3. The molecule has 3 aromatic heterocycles. The topological polar surface area (TPSA) is 308 Å². The SMILES string of the molecule is CC(=O)Nc1ccn([C@@H]2CO[C@H](COCc3ccccc3)O2)c(=O)n1.IC1CO[C@H](COCc2ccccc2)O1.Nc1ccn([C@@H]2CO[C@H](CO)O2)c(=O)n1.Nc1ccn([C@@H]2CO[C@H](COCc3ccccc3)O2)c(=O)n1. The van der Waals surface area contributed by atoms with E-state index in [0.717, 1.165) is 11.1 Å². The Hall–Kier alpha value is -6.38. The van der Waals surface area contributed by atoms with Crippen LogP contribution in [0.25, 0.3) is 0 Å². The van der Waals surface area contributed by atoms with E-state index in [2.05, 4.69) is 42.9 Å². The number of amides is 1. The van der Waals surface area contributed by atoms with Crippen molar-refractivity contribution in [1.29, 1.82) is 0 Å². The van der Waals surface area contributed by atoms with Crippen LogP contribution in [0.5, 0.6) is 0 Å². The fraction of sp³-hybridized carbons (Fsp3) is 0.392. The van der Waals surface area contributed by atoms with Crippen molar-refractivity contribution >= 4 is 46.0 Å². The van der Waals surface area contributed by atoms with Crippen LogP contribution in [0.4, 0.5) is 17.5 Å². The Morgan fingerprint density at radius 2 is 0.922 bits per heavy atom. The molecule has 6 aromatic rings. The molecule has 6 N–H and O–H groups in total. The van der Waals surface area contributed by atoms with E-state index in [1.807, 2.05) is 91.0 Å². The second kappa shape index (κ2) is 30.5. The Labute approximate surface area is 455 Å². The van der Waals surface area contributed by atoms with Gasteiger partial charge < -0.3 is 74.0 Å². The van der Waals surface area contributed by atoms with Crippen molar-refractivity contribution in [3.05, 3.63) is 176 Å². The van der Waals surface area contributed by atoms with Gasteiger partial charge in [-0.1, -0.05) is 91.0 Å². The molecule has 8 atom stereocenters. The van der Waals surface area contributed by atoms with E-state index in [1.165, 1.54) is 50.7 Å². The first-order chi connectivity index (χ1) is 37.4. The van der Waals surface area contributed by atoms with Crippen LogP contribution in [0.1, 0.15) is 42.3 Å². The smallest absolute Gasteiger partial charge is 0.351 e. The Bertz CT molecular complexity index is 2910. The molecule has 25 nitrogen and oxygen atoms in total. The lowest BCUT2D eigenvalue weighted by Gasteiger charge is -2.14. The van der Waals surface area contributed by atoms with Gasteiger partial charge in [-0.2, -0.15) is 15.0 Å². The van der Waals surface area contributed by atoms with Crippen molar-refractivity contribution in [2.24, 2.45) is 0 Å². The monoisotopic (exact) mass is 1180 g/mol. The van der Waals surface area contributed by atoms with Gasteiger partial charge in [0.1, 0.15) is 21.6 Å². The van der Waals surface area contributed by atoms with E-state index in [-0.39, 0.29) is 66.8 Å². The van der Waals surface area contributed by atoms with Crippen LogP contribution in [0, 0.1) is 0 Å². The van der Waals surface area contributed by atoms with E-state index >= 15 is 0 Å². The Morgan fingerprint density at radius 1 is 0.558 bits per heavy atom. The molecule has 0 aliphatic carbocycles. The molecule has 77 heavy (non-hydrogen) atoms. The number of nitrogen functional groups attached to an aromatic ring is 2. The number of aliphatic hydroxyl groups excluding tert-OH is 1. The number of benzene rings is 3. The first kappa shape index (κ1) is 58.3. The lowest BCUT2D eigenvalue weighted by atomic mass is 10.2. The maximum absolute atomic E-state index is 12.0. The molecular formula is C51H60IN9O16. The number of halogens is 1.